The van der Waals surface area contributed by atoms with Gasteiger partial charge in [-0.25, -0.2) is 0 Å². The molecule has 2 fully saturated rings. The Bertz CT molecular complexity index is 960. The van der Waals surface area contributed by atoms with Crippen molar-refractivity contribution in [3.05, 3.63) is 54.1 Å². The molecule has 0 spiro atoms. The summed E-state index contributed by atoms with van der Waals surface area (Å²) in [5.41, 5.74) is 5.22. The zero-order chi connectivity index (χ0) is 21.3. The summed E-state index contributed by atoms with van der Waals surface area (Å²) in [6.07, 6.45) is 4.97. The molecular formula is C26H30N2O2. The number of amides is 1. The standard InChI is InChI=1S/C26H30N2O2/c1-5-19-10-13-23(18(3)25(19)27-4)20-8-11-22(12-9-20)30-24-14-15-28(16-17(24)2)26(29)21-6-7-21/h5,8-13,17,21,24H,1,4,6-7,14-16H2,2-3H3. The molecule has 4 heteroatoms. The van der Waals surface area contributed by atoms with Crippen molar-refractivity contribution in [1.82, 2.24) is 4.90 Å². The van der Waals surface area contributed by atoms with E-state index in [1.165, 1.54) is 0 Å². The molecule has 1 saturated carbocycles. The van der Waals surface area contributed by atoms with Gasteiger partial charge in [-0.1, -0.05) is 43.8 Å². The van der Waals surface area contributed by atoms with Crippen molar-refractivity contribution < 1.29 is 9.53 Å². The molecule has 2 aromatic rings. The number of hydrogen-bond acceptors (Lipinski definition) is 3. The van der Waals surface area contributed by atoms with Crippen LogP contribution in [0.1, 0.15) is 37.3 Å². The van der Waals surface area contributed by atoms with E-state index in [9.17, 15) is 4.79 Å². The summed E-state index contributed by atoms with van der Waals surface area (Å²) in [4.78, 5) is 18.5. The van der Waals surface area contributed by atoms with Crippen LogP contribution in [0.3, 0.4) is 0 Å². The van der Waals surface area contributed by atoms with Gasteiger partial charge < -0.3 is 9.64 Å². The van der Waals surface area contributed by atoms with Crippen molar-refractivity contribution in [1.29, 1.82) is 0 Å². The fourth-order valence-corrected chi connectivity index (χ4v) is 4.38. The molecule has 2 aliphatic rings. The summed E-state index contributed by atoms with van der Waals surface area (Å²) < 4.78 is 6.29. The fourth-order valence-electron chi connectivity index (χ4n) is 4.38. The van der Waals surface area contributed by atoms with Crippen LogP contribution in [0, 0.1) is 18.8 Å². The first-order chi connectivity index (χ1) is 14.5. The van der Waals surface area contributed by atoms with Gasteiger partial charge >= 0.3 is 0 Å². The highest BCUT2D eigenvalue weighted by Gasteiger charge is 2.37. The molecule has 1 aliphatic heterocycles. The minimum Gasteiger partial charge on any atom is -0.490 e. The summed E-state index contributed by atoms with van der Waals surface area (Å²) in [6, 6.07) is 12.4. The predicted octanol–water partition coefficient (Wildman–Crippen LogP) is 5.66. The Kier molecular flexibility index (Phi) is 5.76. The first-order valence-corrected chi connectivity index (χ1v) is 10.8. The van der Waals surface area contributed by atoms with Gasteiger partial charge in [0, 0.05) is 31.3 Å². The first-order valence-electron chi connectivity index (χ1n) is 10.8. The van der Waals surface area contributed by atoms with Crippen LogP contribution in [0.2, 0.25) is 0 Å². The molecule has 2 aromatic carbocycles. The molecule has 1 amide bonds. The average Bonchev–Trinajstić information content (AvgIpc) is 3.60. The Morgan fingerprint density at radius 1 is 1.17 bits per heavy atom. The number of carbonyl (C=O) groups excluding carboxylic acids is 1. The molecule has 1 heterocycles. The Balaban J connectivity index is 1.44. The molecule has 0 N–H and O–H groups in total. The third kappa shape index (κ3) is 4.04. The van der Waals surface area contributed by atoms with Crippen LogP contribution in [-0.4, -0.2) is 36.7 Å². The highest BCUT2D eigenvalue weighted by molar-refractivity contribution is 5.81. The van der Waals surface area contributed by atoms with Crippen LogP contribution >= 0.6 is 0 Å². The number of hydrogen-bond donors (Lipinski definition) is 0. The number of benzene rings is 2. The number of ether oxygens (including phenoxy) is 1. The van der Waals surface area contributed by atoms with Crippen molar-refractivity contribution in [3.8, 4) is 16.9 Å². The van der Waals surface area contributed by atoms with Crippen molar-refractivity contribution in [2.75, 3.05) is 13.1 Å². The molecule has 1 aliphatic carbocycles. The van der Waals surface area contributed by atoms with Crippen molar-refractivity contribution in [2.45, 2.75) is 39.2 Å². The lowest BCUT2D eigenvalue weighted by Crippen LogP contribution is -2.47. The minimum absolute atomic E-state index is 0.143. The molecular weight excluding hydrogens is 372 g/mol. The lowest BCUT2D eigenvalue weighted by atomic mass is 9.95. The van der Waals surface area contributed by atoms with Gasteiger partial charge in [0.1, 0.15) is 11.9 Å². The zero-order valence-corrected chi connectivity index (χ0v) is 17.9. The number of nitrogens with zero attached hydrogens (tertiary/aromatic N) is 2. The van der Waals surface area contributed by atoms with E-state index >= 15 is 0 Å². The van der Waals surface area contributed by atoms with Gasteiger partial charge in [-0.2, -0.15) is 0 Å². The second-order valence-corrected chi connectivity index (χ2v) is 8.54. The Morgan fingerprint density at radius 2 is 1.90 bits per heavy atom. The van der Waals surface area contributed by atoms with E-state index in [0.29, 0.717) is 17.7 Å². The van der Waals surface area contributed by atoms with Gasteiger partial charge in [0.2, 0.25) is 5.91 Å². The van der Waals surface area contributed by atoms with Crippen molar-refractivity contribution in [2.24, 2.45) is 16.8 Å². The third-order valence-corrected chi connectivity index (χ3v) is 6.36. The maximum absolute atomic E-state index is 12.3. The number of aliphatic imine (C=N–C) groups is 1. The first kappa shape index (κ1) is 20.4. The van der Waals surface area contributed by atoms with Crippen LogP contribution in [-0.2, 0) is 4.79 Å². The molecule has 0 aromatic heterocycles. The Morgan fingerprint density at radius 3 is 2.50 bits per heavy atom. The summed E-state index contributed by atoms with van der Waals surface area (Å²) in [5.74, 6) is 1.84. The molecule has 2 atom stereocenters. The Hall–Kier alpha value is -2.88. The molecule has 0 radical (unpaired) electrons. The third-order valence-electron chi connectivity index (χ3n) is 6.36. The molecule has 156 valence electrons. The van der Waals surface area contributed by atoms with Crippen LogP contribution in [0.4, 0.5) is 5.69 Å². The number of likely N-dealkylation sites (tertiary alicyclic amines) is 1. The van der Waals surface area contributed by atoms with Gasteiger partial charge in [-0.3, -0.25) is 9.79 Å². The monoisotopic (exact) mass is 402 g/mol. The summed E-state index contributed by atoms with van der Waals surface area (Å²) >= 11 is 0. The highest BCUT2D eigenvalue weighted by Crippen LogP contribution is 2.35. The van der Waals surface area contributed by atoms with E-state index in [2.05, 4.69) is 50.3 Å². The van der Waals surface area contributed by atoms with E-state index in [-0.39, 0.29) is 6.10 Å². The fraction of sp³-hybridized carbons (Fsp3) is 0.385. The SMILES string of the molecule is C=Cc1ccc(-c2ccc(OC3CCN(C(=O)C4CC4)CC3C)cc2)c(C)c1N=C. The predicted molar refractivity (Wildman–Crippen MR) is 123 cm³/mol. The molecule has 1 saturated heterocycles. The van der Waals surface area contributed by atoms with E-state index in [1.807, 2.05) is 29.2 Å². The minimum atomic E-state index is 0.143. The van der Waals surface area contributed by atoms with E-state index in [4.69, 9.17) is 4.74 Å². The van der Waals surface area contributed by atoms with Gasteiger partial charge in [-0.05, 0) is 60.9 Å². The molecule has 2 unspecified atom stereocenters. The maximum atomic E-state index is 12.3. The lowest BCUT2D eigenvalue weighted by molar-refractivity contribution is -0.135. The second kappa shape index (κ2) is 8.47. The summed E-state index contributed by atoms with van der Waals surface area (Å²) in [6.45, 7) is 13.4. The largest absolute Gasteiger partial charge is 0.490 e. The molecule has 4 nitrogen and oxygen atoms in total. The normalized spacial score (nSPS) is 21.2. The summed E-state index contributed by atoms with van der Waals surface area (Å²) in [5, 5.41) is 0. The Labute approximate surface area is 179 Å². The van der Waals surface area contributed by atoms with Crippen LogP contribution in [0.15, 0.2) is 48.0 Å². The average molecular weight is 403 g/mol. The quantitative estimate of drug-likeness (QED) is 0.585. The van der Waals surface area contributed by atoms with Crippen molar-refractivity contribution in [3.63, 3.8) is 0 Å². The number of rotatable bonds is 6. The zero-order valence-electron chi connectivity index (χ0n) is 17.9. The number of carbonyl (C=O) groups is 1. The van der Waals surface area contributed by atoms with Gasteiger partial charge in [-0.15, -0.1) is 0 Å². The smallest absolute Gasteiger partial charge is 0.225 e. The van der Waals surface area contributed by atoms with E-state index < -0.39 is 0 Å². The molecule has 30 heavy (non-hydrogen) atoms. The van der Waals surface area contributed by atoms with Crippen molar-refractivity contribution >= 4 is 24.4 Å². The van der Waals surface area contributed by atoms with Gasteiger partial charge in [0.15, 0.2) is 0 Å². The van der Waals surface area contributed by atoms with E-state index in [1.54, 1.807) is 0 Å². The lowest BCUT2D eigenvalue weighted by Gasteiger charge is -2.37. The van der Waals surface area contributed by atoms with E-state index in [0.717, 1.165) is 66.0 Å². The maximum Gasteiger partial charge on any atom is 0.225 e. The van der Waals surface area contributed by atoms with Crippen LogP contribution < -0.4 is 4.74 Å². The topological polar surface area (TPSA) is 41.9 Å². The van der Waals surface area contributed by atoms with Gasteiger partial charge in [0.05, 0.1) is 5.69 Å². The van der Waals surface area contributed by atoms with Gasteiger partial charge in [0.25, 0.3) is 0 Å². The molecule has 0 bridgehead atoms. The van der Waals surface area contributed by atoms with Crippen LogP contribution in [0.5, 0.6) is 5.75 Å². The van der Waals surface area contributed by atoms with Crippen LogP contribution in [0.25, 0.3) is 17.2 Å². The second-order valence-electron chi connectivity index (χ2n) is 8.54. The molecule has 4 rings (SSSR count). The highest BCUT2D eigenvalue weighted by atomic mass is 16.5. The summed E-state index contributed by atoms with van der Waals surface area (Å²) in [7, 11) is 0. The number of piperidine rings is 1.